The van der Waals surface area contributed by atoms with E-state index in [4.69, 9.17) is 16.2 Å². The molecule has 0 unspecified atom stereocenters. The van der Waals surface area contributed by atoms with Crippen molar-refractivity contribution in [1.29, 1.82) is 0 Å². The van der Waals surface area contributed by atoms with Crippen LogP contribution < -0.4 is 21.8 Å². The van der Waals surface area contributed by atoms with Crippen molar-refractivity contribution in [3.8, 4) is 11.6 Å². The Hall–Kier alpha value is -2.34. The number of aromatic amines is 1. The van der Waals surface area contributed by atoms with Crippen LogP contribution in [0.3, 0.4) is 0 Å². The molecule has 1 aromatic heterocycles. The molecule has 0 atom stereocenters. The van der Waals surface area contributed by atoms with E-state index in [1.165, 1.54) is 6.33 Å². The first-order chi connectivity index (χ1) is 8.20. The first-order valence-electron chi connectivity index (χ1n) is 5.00. The zero-order valence-electron chi connectivity index (χ0n) is 9.01. The summed E-state index contributed by atoms with van der Waals surface area (Å²) in [6.07, 6.45) is 1.24. The lowest BCUT2D eigenvalue weighted by Gasteiger charge is -2.06. The molecule has 0 amide bonds. The van der Waals surface area contributed by atoms with Gasteiger partial charge in [0, 0.05) is 6.54 Å². The monoisotopic (exact) mass is 232 g/mol. The highest BCUT2D eigenvalue weighted by molar-refractivity contribution is 5.47. The number of rotatable bonds is 3. The van der Waals surface area contributed by atoms with Gasteiger partial charge in [0.1, 0.15) is 5.75 Å². The topological polar surface area (TPSA) is 107 Å². The molecule has 0 bridgehead atoms. The molecule has 2 aromatic rings. The third kappa shape index (κ3) is 2.43. The average molecular weight is 232 g/mol. The SMILES string of the molecule is NCc1ccc(Oc2nc[nH]c(=O)c2N)cc1. The molecule has 1 heterocycles. The maximum atomic E-state index is 11.2. The van der Waals surface area contributed by atoms with Gasteiger partial charge in [-0.15, -0.1) is 0 Å². The Bertz CT molecular complexity index is 562. The number of nitrogens with zero attached hydrogens (tertiary/aromatic N) is 1. The van der Waals surface area contributed by atoms with Gasteiger partial charge in [-0.3, -0.25) is 4.79 Å². The zero-order valence-corrected chi connectivity index (χ0v) is 9.01. The summed E-state index contributed by atoms with van der Waals surface area (Å²) >= 11 is 0. The molecule has 0 radical (unpaired) electrons. The highest BCUT2D eigenvalue weighted by Gasteiger charge is 2.06. The van der Waals surface area contributed by atoms with E-state index in [1.54, 1.807) is 12.1 Å². The van der Waals surface area contributed by atoms with Crippen molar-refractivity contribution >= 4 is 5.69 Å². The summed E-state index contributed by atoms with van der Waals surface area (Å²) in [5, 5.41) is 0. The minimum atomic E-state index is -0.423. The van der Waals surface area contributed by atoms with E-state index < -0.39 is 5.56 Å². The van der Waals surface area contributed by atoms with Gasteiger partial charge >= 0.3 is 0 Å². The lowest BCUT2D eigenvalue weighted by atomic mass is 10.2. The van der Waals surface area contributed by atoms with Crippen molar-refractivity contribution in [2.75, 3.05) is 5.73 Å². The smallest absolute Gasteiger partial charge is 0.277 e. The lowest BCUT2D eigenvalue weighted by Crippen LogP contribution is -2.13. The summed E-state index contributed by atoms with van der Waals surface area (Å²) in [4.78, 5) is 17.4. The number of ether oxygens (including phenoxy) is 1. The fourth-order valence-corrected chi connectivity index (χ4v) is 1.28. The van der Waals surface area contributed by atoms with Crippen LogP contribution in [0.4, 0.5) is 5.69 Å². The number of H-pyrrole nitrogens is 1. The third-order valence-corrected chi connectivity index (χ3v) is 2.23. The summed E-state index contributed by atoms with van der Waals surface area (Å²) in [6, 6.07) is 7.15. The number of benzene rings is 1. The molecule has 0 saturated carbocycles. The molecule has 5 N–H and O–H groups in total. The molecular weight excluding hydrogens is 220 g/mol. The molecule has 17 heavy (non-hydrogen) atoms. The molecule has 0 aliphatic carbocycles. The normalized spacial score (nSPS) is 10.2. The Morgan fingerprint density at radius 3 is 2.65 bits per heavy atom. The standard InChI is InChI=1S/C11H12N4O2/c12-5-7-1-3-8(4-2-7)17-11-9(13)10(16)14-6-15-11/h1-4,6H,5,12-13H2,(H,14,15,16). The summed E-state index contributed by atoms with van der Waals surface area (Å²) < 4.78 is 5.39. The van der Waals surface area contributed by atoms with E-state index in [2.05, 4.69) is 9.97 Å². The van der Waals surface area contributed by atoms with E-state index in [9.17, 15) is 4.79 Å². The van der Waals surface area contributed by atoms with Gasteiger partial charge in [-0.2, -0.15) is 0 Å². The van der Waals surface area contributed by atoms with Crippen LogP contribution in [0.2, 0.25) is 0 Å². The molecule has 0 aliphatic rings. The number of nitrogen functional groups attached to an aromatic ring is 1. The second-order valence-corrected chi connectivity index (χ2v) is 3.40. The zero-order chi connectivity index (χ0) is 12.3. The van der Waals surface area contributed by atoms with Crippen molar-refractivity contribution in [1.82, 2.24) is 9.97 Å². The van der Waals surface area contributed by atoms with E-state index >= 15 is 0 Å². The molecule has 0 fully saturated rings. The molecule has 6 nitrogen and oxygen atoms in total. The number of aromatic nitrogens is 2. The summed E-state index contributed by atoms with van der Waals surface area (Å²) in [6.45, 7) is 0.464. The van der Waals surface area contributed by atoms with Crippen molar-refractivity contribution in [3.63, 3.8) is 0 Å². The van der Waals surface area contributed by atoms with Crippen molar-refractivity contribution < 1.29 is 4.74 Å². The van der Waals surface area contributed by atoms with Gasteiger partial charge in [-0.25, -0.2) is 4.98 Å². The Morgan fingerprint density at radius 2 is 2.00 bits per heavy atom. The summed E-state index contributed by atoms with van der Waals surface area (Å²) in [7, 11) is 0. The van der Waals surface area contributed by atoms with Crippen LogP contribution in [-0.2, 0) is 6.54 Å². The second kappa shape index (κ2) is 4.67. The molecule has 0 spiro atoms. The quantitative estimate of drug-likeness (QED) is 0.718. The minimum Gasteiger partial charge on any atom is -0.437 e. The van der Waals surface area contributed by atoms with Crippen LogP contribution in [0.25, 0.3) is 0 Å². The molecule has 1 aromatic carbocycles. The van der Waals surface area contributed by atoms with Crippen molar-refractivity contribution in [3.05, 3.63) is 46.5 Å². The molecule has 88 valence electrons. The summed E-state index contributed by atoms with van der Waals surface area (Å²) in [5.41, 5.74) is 11.5. The van der Waals surface area contributed by atoms with Crippen LogP contribution in [0.1, 0.15) is 5.56 Å². The fraction of sp³-hybridized carbons (Fsp3) is 0.0909. The van der Waals surface area contributed by atoms with E-state index in [0.29, 0.717) is 12.3 Å². The molecule has 6 heteroatoms. The van der Waals surface area contributed by atoms with Gasteiger partial charge < -0.3 is 21.2 Å². The number of nitrogens with two attached hydrogens (primary N) is 2. The van der Waals surface area contributed by atoms with Gasteiger partial charge in [0.05, 0.1) is 6.33 Å². The van der Waals surface area contributed by atoms with Crippen LogP contribution in [-0.4, -0.2) is 9.97 Å². The first-order valence-corrected chi connectivity index (χ1v) is 5.00. The van der Waals surface area contributed by atoms with Gasteiger partial charge in [0.25, 0.3) is 5.56 Å². The Labute approximate surface area is 97.2 Å². The Morgan fingerprint density at radius 1 is 1.29 bits per heavy atom. The Balaban J connectivity index is 2.25. The number of hydrogen-bond acceptors (Lipinski definition) is 5. The predicted octanol–water partition coefficient (Wildman–Crippen LogP) is 0.603. The number of hydrogen-bond donors (Lipinski definition) is 3. The largest absolute Gasteiger partial charge is 0.437 e. The van der Waals surface area contributed by atoms with Crippen molar-refractivity contribution in [2.24, 2.45) is 5.73 Å². The Kier molecular flexibility index (Phi) is 3.06. The highest BCUT2D eigenvalue weighted by atomic mass is 16.5. The van der Waals surface area contributed by atoms with Crippen LogP contribution >= 0.6 is 0 Å². The summed E-state index contributed by atoms with van der Waals surface area (Å²) in [5.74, 6) is 0.640. The van der Waals surface area contributed by atoms with Gasteiger partial charge in [0.2, 0.25) is 5.88 Å². The predicted molar refractivity (Wildman–Crippen MR) is 63.7 cm³/mol. The third-order valence-electron chi connectivity index (χ3n) is 2.23. The van der Waals surface area contributed by atoms with Gasteiger partial charge in [0.15, 0.2) is 5.69 Å². The van der Waals surface area contributed by atoms with E-state index in [-0.39, 0.29) is 11.6 Å². The van der Waals surface area contributed by atoms with Crippen LogP contribution in [0.15, 0.2) is 35.4 Å². The first kappa shape index (κ1) is 11.2. The minimum absolute atomic E-state index is 0.0459. The number of anilines is 1. The molecule has 2 rings (SSSR count). The van der Waals surface area contributed by atoms with Gasteiger partial charge in [-0.05, 0) is 17.7 Å². The molecule has 0 saturated heterocycles. The maximum Gasteiger partial charge on any atom is 0.277 e. The van der Waals surface area contributed by atoms with Crippen LogP contribution in [0.5, 0.6) is 11.6 Å². The number of nitrogens with one attached hydrogen (secondary N) is 1. The van der Waals surface area contributed by atoms with Crippen LogP contribution in [0, 0.1) is 0 Å². The van der Waals surface area contributed by atoms with Crippen molar-refractivity contribution in [2.45, 2.75) is 6.54 Å². The highest BCUT2D eigenvalue weighted by Crippen LogP contribution is 2.21. The fourth-order valence-electron chi connectivity index (χ4n) is 1.28. The lowest BCUT2D eigenvalue weighted by molar-refractivity contribution is 0.463. The van der Waals surface area contributed by atoms with E-state index in [0.717, 1.165) is 5.56 Å². The van der Waals surface area contributed by atoms with Gasteiger partial charge in [-0.1, -0.05) is 12.1 Å². The average Bonchev–Trinajstić information content (AvgIpc) is 2.36. The maximum absolute atomic E-state index is 11.2. The molecular formula is C11H12N4O2. The molecule has 0 aliphatic heterocycles. The second-order valence-electron chi connectivity index (χ2n) is 3.40. The van der Waals surface area contributed by atoms with E-state index in [1.807, 2.05) is 12.1 Å².